The molecule has 0 aromatic heterocycles. The number of aromatic hydroxyl groups is 1. The number of hydrogen-bond acceptors (Lipinski definition) is 5. The predicted octanol–water partition coefficient (Wildman–Crippen LogP) is 4.30. The molecule has 0 unspecified atom stereocenters. The average Bonchev–Trinajstić information content (AvgIpc) is 2.65. The first-order valence-electron chi connectivity index (χ1n) is 9.70. The van der Waals surface area contributed by atoms with Crippen molar-refractivity contribution in [3.05, 3.63) is 29.8 Å². The maximum Gasteiger partial charge on any atom is 0.163 e. The van der Waals surface area contributed by atoms with Crippen LogP contribution in [0.3, 0.4) is 0 Å². The molecule has 0 aliphatic heterocycles. The van der Waals surface area contributed by atoms with Gasteiger partial charge in [-0.2, -0.15) is 0 Å². The van der Waals surface area contributed by atoms with Crippen molar-refractivity contribution in [3.63, 3.8) is 0 Å². The van der Waals surface area contributed by atoms with Gasteiger partial charge in [0.25, 0.3) is 0 Å². The van der Waals surface area contributed by atoms with Gasteiger partial charge in [0, 0.05) is 13.0 Å². The second-order valence-corrected chi connectivity index (χ2v) is 6.86. The summed E-state index contributed by atoms with van der Waals surface area (Å²) in [4.78, 5) is 24.0. The number of ether oxygens (including phenoxy) is 1. The van der Waals surface area contributed by atoms with Crippen molar-refractivity contribution in [2.75, 3.05) is 13.7 Å². The van der Waals surface area contributed by atoms with Crippen LogP contribution in [0, 0.1) is 5.92 Å². The standard InChI is InChI=1S/C22H32O5/c1-3-6-17(8-5-14-23)7-4-9-19(24)16-20(25)12-10-18-11-13-21(26)22(15-18)27-2/h10-13,15,17,23,26H,3-9,14,16H2,1-2H3/b12-10+/t17-/m0/s1. The third kappa shape index (κ3) is 9.38. The van der Waals surface area contributed by atoms with Crippen LogP contribution in [0.1, 0.15) is 63.9 Å². The van der Waals surface area contributed by atoms with Gasteiger partial charge in [0.1, 0.15) is 5.78 Å². The average molecular weight is 376 g/mol. The molecule has 0 saturated heterocycles. The number of phenols is 1. The van der Waals surface area contributed by atoms with Crippen molar-refractivity contribution in [1.29, 1.82) is 0 Å². The normalized spacial score (nSPS) is 12.3. The molecule has 0 fully saturated rings. The highest BCUT2D eigenvalue weighted by Gasteiger charge is 2.11. The molecule has 0 saturated carbocycles. The van der Waals surface area contributed by atoms with Gasteiger partial charge in [-0.3, -0.25) is 9.59 Å². The zero-order valence-corrected chi connectivity index (χ0v) is 16.4. The van der Waals surface area contributed by atoms with Gasteiger partial charge in [0.15, 0.2) is 17.3 Å². The summed E-state index contributed by atoms with van der Waals surface area (Å²) in [6, 6.07) is 4.79. The Balaban J connectivity index is 2.40. The highest BCUT2D eigenvalue weighted by atomic mass is 16.5. The number of phenolic OH excluding ortho intramolecular Hbond substituents is 1. The fourth-order valence-corrected chi connectivity index (χ4v) is 3.14. The van der Waals surface area contributed by atoms with Crippen LogP contribution in [0.2, 0.25) is 0 Å². The lowest BCUT2D eigenvalue weighted by molar-refractivity contribution is -0.124. The van der Waals surface area contributed by atoms with Crippen molar-refractivity contribution in [2.45, 2.75) is 58.3 Å². The Bertz CT molecular complexity index is 621. The molecule has 0 amide bonds. The molecule has 5 heteroatoms. The third-order valence-electron chi connectivity index (χ3n) is 4.57. The summed E-state index contributed by atoms with van der Waals surface area (Å²) >= 11 is 0. The Hall–Kier alpha value is -2.14. The van der Waals surface area contributed by atoms with Gasteiger partial charge in [-0.25, -0.2) is 0 Å². The highest BCUT2D eigenvalue weighted by Crippen LogP contribution is 2.26. The second-order valence-electron chi connectivity index (χ2n) is 6.86. The minimum atomic E-state index is -0.225. The lowest BCUT2D eigenvalue weighted by Gasteiger charge is -2.14. The Kier molecular flexibility index (Phi) is 11.1. The summed E-state index contributed by atoms with van der Waals surface area (Å²) in [6.45, 7) is 2.36. The van der Waals surface area contributed by atoms with Gasteiger partial charge >= 0.3 is 0 Å². The summed E-state index contributed by atoms with van der Waals surface area (Å²) in [5.74, 6) is 0.665. The first kappa shape index (κ1) is 22.9. The van der Waals surface area contributed by atoms with Crippen molar-refractivity contribution in [1.82, 2.24) is 0 Å². The van der Waals surface area contributed by atoms with Crippen LogP contribution in [-0.4, -0.2) is 35.5 Å². The van der Waals surface area contributed by atoms with Crippen LogP contribution in [0.5, 0.6) is 11.5 Å². The number of benzene rings is 1. The molecule has 2 N–H and O–H groups in total. The lowest BCUT2D eigenvalue weighted by Crippen LogP contribution is -2.07. The molecule has 1 atom stereocenters. The number of hydrogen-bond donors (Lipinski definition) is 2. The van der Waals surface area contributed by atoms with Crippen LogP contribution < -0.4 is 4.74 Å². The van der Waals surface area contributed by atoms with E-state index < -0.39 is 0 Å². The number of allylic oxidation sites excluding steroid dienone is 1. The van der Waals surface area contributed by atoms with E-state index >= 15 is 0 Å². The van der Waals surface area contributed by atoms with Gasteiger partial charge < -0.3 is 14.9 Å². The van der Waals surface area contributed by atoms with E-state index in [-0.39, 0.29) is 30.3 Å². The molecule has 150 valence electrons. The van der Waals surface area contributed by atoms with E-state index in [0.717, 1.165) is 44.1 Å². The molecule has 0 aliphatic rings. The molecule has 27 heavy (non-hydrogen) atoms. The van der Waals surface area contributed by atoms with Gasteiger partial charge in [-0.15, -0.1) is 0 Å². The van der Waals surface area contributed by atoms with Crippen LogP contribution in [0.4, 0.5) is 0 Å². The maximum atomic E-state index is 12.0. The third-order valence-corrected chi connectivity index (χ3v) is 4.57. The van der Waals surface area contributed by atoms with Crippen molar-refractivity contribution >= 4 is 17.6 Å². The summed E-state index contributed by atoms with van der Waals surface area (Å²) in [7, 11) is 1.46. The molecule has 1 aromatic rings. The minimum absolute atomic E-state index is 0.0367. The number of Topliss-reactive ketones (excluding diaryl/α,β-unsaturated/α-hetero) is 1. The molecule has 1 aromatic carbocycles. The number of carbonyl (C=O) groups excluding carboxylic acids is 2. The quantitative estimate of drug-likeness (QED) is 0.373. The molecule has 1 rings (SSSR count). The van der Waals surface area contributed by atoms with E-state index in [4.69, 9.17) is 9.84 Å². The Labute approximate surface area is 162 Å². The van der Waals surface area contributed by atoms with E-state index in [2.05, 4.69) is 6.92 Å². The largest absolute Gasteiger partial charge is 0.504 e. The van der Waals surface area contributed by atoms with E-state index in [0.29, 0.717) is 18.1 Å². The number of aliphatic hydroxyl groups excluding tert-OH is 1. The molecule has 0 spiro atoms. The predicted molar refractivity (Wildman–Crippen MR) is 107 cm³/mol. The first-order chi connectivity index (χ1) is 13.0. The van der Waals surface area contributed by atoms with E-state index in [1.54, 1.807) is 18.2 Å². The molecule has 5 nitrogen and oxygen atoms in total. The molecule has 0 radical (unpaired) electrons. The topological polar surface area (TPSA) is 83.8 Å². The van der Waals surface area contributed by atoms with Gasteiger partial charge in [0.2, 0.25) is 0 Å². The zero-order chi connectivity index (χ0) is 20.1. The molecule has 0 bridgehead atoms. The second kappa shape index (κ2) is 13.1. The summed E-state index contributed by atoms with van der Waals surface area (Å²) in [5, 5.41) is 18.5. The van der Waals surface area contributed by atoms with Crippen LogP contribution >= 0.6 is 0 Å². The lowest BCUT2D eigenvalue weighted by atomic mass is 9.91. The number of methoxy groups -OCH3 is 1. The Morgan fingerprint density at radius 3 is 2.59 bits per heavy atom. The van der Waals surface area contributed by atoms with Crippen molar-refractivity contribution < 1.29 is 24.5 Å². The van der Waals surface area contributed by atoms with Gasteiger partial charge in [-0.05, 0) is 49.0 Å². The molecular weight excluding hydrogens is 344 g/mol. The van der Waals surface area contributed by atoms with E-state index in [1.807, 2.05) is 0 Å². The highest BCUT2D eigenvalue weighted by molar-refractivity contribution is 6.06. The van der Waals surface area contributed by atoms with Crippen LogP contribution in [0.15, 0.2) is 24.3 Å². The van der Waals surface area contributed by atoms with Gasteiger partial charge in [0.05, 0.1) is 13.5 Å². The zero-order valence-electron chi connectivity index (χ0n) is 16.4. The molecule has 0 heterocycles. The van der Waals surface area contributed by atoms with Gasteiger partial charge in [-0.1, -0.05) is 38.3 Å². The monoisotopic (exact) mass is 376 g/mol. The van der Waals surface area contributed by atoms with Crippen LogP contribution in [0.25, 0.3) is 6.08 Å². The molecule has 0 aliphatic carbocycles. The maximum absolute atomic E-state index is 12.0. The van der Waals surface area contributed by atoms with Crippen molar-refractivity contribution in [2.24, 2.45) is 5.92 Å². The SMILES string of the molecule is CCC[C@H](CCCO)CCCC(=O)CC(=O)/C=C/c1ccc(O)c(OC)c1. The number of carbonyl (C=O) groups is 2. The first-order valence-corrected chi connectivity index (χ1v) is 9.70. The number of rotatable bonds is 14. The summed E-state index contributed by atoms with van der Waals surface area (Å²) < 4.78 is 5.03. The number of ketones is 2. The number of aliphatic hydroxyl groups is 1. The Morgan fingerprint density at radius 1 is 1.19 bits per heavy atom. The van der Waals surface area contributed by atoms with E-state index in [9.17, 15) is 14.7 Å². The smallest absolute Gasteiger partial charge is 0.163 e. The van der Waals surface area contributed by atoms with Crippen molar-refractivity contribution in [3.8, 4) is 11.5 Å². The summed E-state index contributed by atoms with van der Waals surface area (Å²) in [6.07, 6.45) is 9.14. The fourth-order valence-electron chi connectivity index (χ4n) is 3.14. The fraction of sp³-hybridized carbons (Fsp3) is 0.545. The van der Waals surface area contributed by atoms with Crippen LogP contribution in [-0.2, 0) is 9.59 Å². The summed E-state index contributed by atoms with van der Waals surface area (Å²) in [5.41, 5.74) is 0.719. The molecular formula is C22H32O5. The van der Waals surface area contributed by atoms with E-state index in [1.165, 1.54) is 19.3 Å². The Morgan fingerprint density at radius 2 is 1.93 bits per heavy atom. The minimum Gasteiger partial charge on any atom is -0.504 e.